The second kappa shape index (κ2) is 6.03. The predicted octanol–water partition coefficient (Wildman–Crippen LogP) is 4.75. The largest absolute Gasteiger partial charge is 0.494 e. The summed E-state index contributed by atoms with van der Waals surface area (Å²) in [4.78, 5) is 13.1. The lowest BCUT2D eigenvalue weighted by molar-refractivity contribution is 0.0977. The van der Waals surface area contributed by atoms with E-state index in [0.717, 1.165) is 25.3 Å². The van der Waals surface area contributed by atoms with Crippen molar-refractivity contribution < 1.29 is 9.53 Å². The van der Waals surface area contributed by atoms with Gasteiger partial charge in [-0.25, -0.2) is 0 Å². The van der Waals surface area contributed by atoms with Gasteiger partial charge in [0.05, 0.1) is 21.8 Å². The Morgan fingerprint density at radius 3 is 2.86 bits per heavy atom. The molecule has 0 saturated carbocycles. The Balaban J connectivity index is 1.86. The number of thiophene rings is 1. The van der Waals surface area contributed by atoms with Crippen LogP contribution in [0, 0.1) is 0 Å². The third-order valence-corrected chi connectivity index (χ3v) is 4.88. The van der Waals surface area contributed by atoms with Gasteiger partial charge in [0.2, 0.25) is 0 Å². The van der Waals surface area contributed by atoms with Crippen molar-refractivity contribution in [3.63, 3.8) is 0 Å². The molecular weight excluding hydrogens is 350 g/mol. The smallest absolute Gasteiger partial charge is 0.192 e. The minimum Gasteiger partial charge on any atom is -0.494 e. The van der Waals surface area contributed by atoms with E-state index in [2.05, 4.69) is 15.9 Å². The maximum absolute atomic E-state index is 12.3. The predicted molar refractivity (Wildman–Crippen MR) is 89.5 cm³/mol. The molecule has 0 unspecified atom stereocenters. The van der Waals surface area contributed by atoms with Crippen LogP contribution in [0.5, 0.6) is 5.75 Å². The summed E-state index contributed by atoms with van der Waals surface area (Å²) in [6.45, 7) is 2.97. The average Bonchev–Trinajstić information content (AvgIpc) is 3.06. The summed E-state index contributed by atoms with van der Waals surface area (Å²) in [5.41, 5.74) is 1.04. The van der Waals surface area contributed by atoms with Crippen molar-refractivity contribution in [1.82, 2.24) is 4.57 Å². The van der Waals surface area contributed by atoms with Gasteiger partial charge < -0.3 is 9.30 Å². The van der Waals surface area contributed by atoms with Gasteiger partial charge in [-0.1, -0.05) is 0 Å². The van der Waals surface area contributed by atoms with Crippen molar-refractivity contribution >= 4 is 44.0 Å². The summed E-state index contributed by atoms with van der Waals surface area (Å²) in [6, 6.07) is 11.7. The van der Waals surface area contributed by atoms with Crippen molar-refractivity contribution in [2.24, 2.45) is 0 Å². The Labute approximate surface area is 135 Å². The molecule has 21 heavy (non-hydrogen) atoms. The van der Waals surface area contributed by atoms with E-state index >= 15 is 0 Å². The Hall–Kier alpha value is -1.59. The lowest BCUT2D eigenvalue weighted by atomic mass is 10.2. The summed E-state index contributed by atoms with van der Waals surface area (Å²) in [5.74, 6) is 0.980. The SMILES string of the molecule is CCOc1ccc2c(ccn2CC(=O)c2ccc(Br)s2)c1. The van der Waals surface area contributed by atoms with Gasteiger partial charge in [0, 0.05) is 17.1 Å². The molecule has 0 radical (unpaired) electrons. The number of ether oxygens (including phenoxy) is 1. The van der Waals surface area contributed by atoms with Crippen LogP contribution in [-0.2, 0) is 6.54 Å². The van der Waals surface area contributed by atoms with Crippen LogP contribution in [0.1, 0.15) is 16.6 Å². The van der Waals surface area contributed by atoms with Gasteiger partial charge in [-0.2, -0.15) is 0 Å². The Kier molecular flexibility index (Phi) is 4.12. The molecule has 0 N–H and O–H groups in total. The van der Waals surface area contributed by atoms with Crippen LogP contribution in [0.15, 0.2) is 46.4 Å². The zero-order chi connectivity index (χ0) is 14.8. The zero-order valence-corrected chi connectivity index (χ0v) is 13.9. The third-order valence-electron chi connectivity index (χ3n) is 3.22. The van der Waals surface area contributed by atoms with E-state index in [4.69, 9.17) is 4.74 Å². The zero-order valence-electron chi connectivity index (χ0n) is 11.5. The van der Waals surface area contributed by atoms with Crippen molar-refractivity contribution in [3.05, 3.63) is 51.3 Å². The van der Waals surface area contributed by atoms with Gasteiger partial charge in [0.1, 0.15) is 5.75 Å². The molecule has 5 heteroatoms. The van der Waals surface area contributed by atoms with Crippen LogP contribution in [0.25, 0.3) is 10.9 Å². The number of hydrogen-bond donors (Lipinski definition) is 0. The highest BCUT2D eigenvalue weighted by Gasteiger charge is 2.11. The van der Waals surface area contributed by atoms with Crippen LogP contribution in [-0.4, -0.2) is 17.0 Å². The fourth-order valence-electron chi connectivity index (χ4n) is 2.27. The molecule has 0 bridgehead atoms. The van der Waals surface area contributed by atoms with Crippen molar-refractivity contribution in [2.45, 2.75) is 13.5 Å². The number of halogens is 1. The minimum atomic E-state index is 0.122. The maximum atomic E-state index is 12.3. The molecule has 108 valence electrons. The first kappa shape index (κ1) is 14.4. The van der Waals surface area contributed by atoms with Crippen molar-refractivity contribution in [1.29, 1.82) is 0 Å². The fraction of sp³-hybridized carbons (Fsp3) is 0.188. The first-order chi connectivity index (χ1) is 10.2. The lowest BCUT2D eigenvalue weighted by Crippen LogP contribution is -2.07. The van der Waals surface area contributed by atoms with Crippen molar-refractivity contribution in [3.8, 4) is 5.75 Å². The molecule has 0 aliphatic heterocycles. The molecule has 3 aromatic rings. The molecule has 0 amide bonds. The van der Waals surface area contributed by atoms with E-state index in [0.29, 0.717) is 13.2 Å². The van der Waals surface area contributed by atoms with Gasteiger partial charge >= 0.3 is 0 Å². The topological polar surface area (TPSA) is 31.2 Å². The monoisotopic (exact) mass is 363 g/mol. The number of aromatic nitrogens is 1. The van der Waals surface area contributed by atoms with E-state index in [1.807, 2.05) is 54.1 Å². The number of fused-ring (bicyclic) bond motifs is 1. The first-order valence-electron chi connectivity index (χ1n) is 6.67. The number of Topliss-reactive ketones (excluding diaryl/α,β-unsaturated/α-hetero) is 1. The summed E-state index contributed by atoms with van der Waals surface area (Å²) < 4.78 is 8.45. The maximum Gasteiger partial charge on any atom is 0.192 e. The third kappa shape index (κ3) is 3.04. The molecule has 1 aromatic carbocycles. The van der Waals surface area contributed by atoms with Crippen LogP contribution < -0.4 is 4.74 Å². The molecule has 0 spiro atoms. The fourth-order valence-corrected chi connectivity index (χ4v) is 3.59. The average molecular weight is 364 g/mol. The van der Waals surface area contributed by atoms with Gasteiger partial charge in [0.25, 0.3) is 0 Å². The molecule has 0 fully saturated rings. The Bertz CT molecular complexity index is 791. The highest BCUT2D eigenvalue weighted by molar-refractivity contribution is 9.11. The molecular formula is C16H14BrNO2S. The van der Waals surface area contributed by atoms with Gasteiger partial charge in [-0.3, -0.25) is 4.79 Å². The molecule has 0 aliphatic carbocycles. The number of nitrogens with zero attached hydrogens (tertiary/aromatic N) is 1. The number of ketones is 1. The molecule has 3 rings (SSSR count). The van der Waals surface area contributed by atoms with Crippen LogP contribution in [0.3, 0.4) is 0 Å². The standard InChI is InChI=1S/C16H14BrNO2S/c1-2-20-12-3-4-13-11(9-12)7-8-18(13)10-14(19)15-5-6-16(17)21-15/h3-9H,2,10H2,1H3. The second-order valence-electron chi connectivity index (χ2n) is 4.62. The molecule has 2 aromatic heterocycles. The quantitative estimate of drug-likeness (QED) is 0.612. The minimum absolute atomic E-state index is 0.122. The van der Waals surface area contributed by atoms with Crippen LogP contribution in [0.4, 0.5) is 0 Å². The highest BCUT2D eigenvalue weighted by Crippen LogP contribution is 2.25. The summed E-state index contributed by atoms with van der Waals surface area (Å²) in [6.07, 6.45) is 1.95. The lowest BCUT2D eigenvalue weighted by Gasteiger charge is -2.06. The number of hydrogen-bond acceptors (Lipinski definition) is 3. The molecule has 2 heterocycles. The number of carbonyl (C=O) groups is 1. The van der Waals surface area contributed by atoms with E-state index in [1.54, 1.807) is 0 Å². The molecule has 0 saturated heterocycles. The van der Waals surface area contributed by atoms with Gasteiger partial charge in [-0.05, 0) is 59.3 Å². The summed E-state index contributed by atoms with van der Waals surface area (Å²) >= 11 is 4.85. The number of carbonyl (C=O) groups excluding carboxylic acids is 1. The highest BCUT2D eigenvalue weighted by atomic mass is 79.9. The first-order valence-corrected chi connectivity index (χ1v) is 8.28. The number of benzene rings is 1. The van der Waals surface area contributed by atoms with E-state index in [-0.39, 0.29) is 5.78 Å². The second-order valence-corrected chi connectivity index (χ2v) is 7.09. The summed E-state index contributed by atoms with van der Waals surface area (Å²) in [7, 11) is 0. The Morgan fingerprint density at radius 1 is 1.29 bits per heavy atom. The van der Waals surface area contributed by atoms with E-state index in [1.165, 1.54) is 11.3 Å². The normalized spacial score (nSPS) is 11.0. The molecule has 0 aliphatic rings. The number of rotatable bonds is 5. The summed E-state index contributed by atoms with van der Waals surface area (Å²) in [5, 5.41) is 1.08. The van der Waals surface area contributed by atoms with Gasteiger partial charge in [0.15, 0.2) is 5.78 Å². The van der Waals surface area contributed by atoms with Crippen molar-refractivity contribution in [2.75, 3.05) is 6.61 Å². The molecule has 0 atom stereocenters. The van der Waals surface area contributed by atoms with Crippen LogP contribution in [0.2, 0.25) is 0 Å². The Morgan fingerprint density at radius 2 is 2.14 bits per heavy atom. The van der Waals surface area contributed by atoms with Gasteiger partial charge in [-0.15, -0.1) is 11.3 Å². The van der Waals surface area contributed by atoms with Crippen LogP contribution >= 0.6 is 27.3 Å². The van der Waals surface area contributed by atoms with E-state index in [9.17, 15) is 4.79 Å². The van der Waals surface area contributed by atoms with E-state index < -0.39 is 0 Å². The molecule has 3 nitrogen and oxygen atoms in total.